The van der Waals surface area contributed by atoms with Crippen molar-refractivity contribution < 1.29 is 32.7 Å². The number of carbonyl (C=O) groups is 3. The second kappa shape index (κ2) is 11.9. The van der Waals surface area contributed by atoms with Crippen molar-refractivity contribution in [1.82, 2.24) is 24.3 Å². The lowest BCUT2D eigenvalue weighted by atomic mass is 9.87. The number of imidazole rings is 1. The molecule has 1 unspecified atom stereocenters. The third kappa shape index (κ3) is 5.29. The average Bonchev–Trinajstić information content (AvgIpc) is 3.85. The van der Waals surface area contributed by atoms with Gasteiger partial charge in [0, 0.05) is 53.9 Å². The minimum Gasteiger partial charge on any atom is -0.465 e. The number of carboxylic acid groups (broad SMARTS) is 1. The molecule has 0 aliphatic carbocycles. The van der Waals surface area contributed by atoms with E-state index in [2.05, 4.69) is 15.3 Å². The summed E-state index contributed by atoms with van der Waals surface area (Å²) in [6.07, 6.45) is -0.363. The van der Waals surface area contributed by atoms with Gasteiger partial charge in [-0.3, -0.25) is 14.9 Å². The van der Waals surface area contributed by atoms with E-state index in [0.29, 0.717) is 40.4 Å². The molecule has 3 aliphatic rings. The van der Waals surface area contributed by atoms with Gasteiger partial charge in [-0.25, -0.2) is 27.9 Å². The summed E-state index contributed by atoms with van der Waals surface area (Å²) in [4.78, 5) is 50.0. The lowest BCUT2D eigenvalue weighted by Gasteiger charge is -2.33. The smallest absolute Gasteiger partial charge is 0.407 e. The van der Waals surface area contributed by atoms with Crippen LogP contribution in [0.5, 0.6) is 0 Å². The molecule has 5 heterocycles. The number of nitrogens with zero attached hydrogens (tertiary/aromatic N) is 5. The summed E-state index contributed by atoms with van der Waals surface area (Å²) >= 11 is 1.22. The highest BCUT2D eigenvalue weighted by atomic mass is 32.1. The van der Waals surface area contributed by atoms with Crippen LogP contribution < -0.4 is 5.32 Å². The van der Waals surface area contributed by atoms with Gasteiger partial charge < -0.3 is 19.5 Å². The predicted molar refractivity (Wildman–Crippen MR) is 163 cm³/mol. The van der Waals surface area contributed by atoms with Crippen LogP contribution in [0.1, 0.15) is 69.7 Å². The van der Waals surface area contributed by atoms with Gasteiger partial charge >= 0.3 is 6.09 Å². The molecule has 3 atom stereocenters. The number of nitrogens with one attached hydrogen (secondary N) is 1. The van der Waals surface area contributed by atoms with Gasteiger partial charge in [0.2, 0.25) is 0 Å². The first-order chi connectivity index (χ1) is 22.2. The lowest BCUT2D eigenvalue weighted by molar-refractivity contribution is -0.121. The molecule has 238 valence electrons. The van der Waals surface area contributed by atoms with Gasteiger partial charge in [-0.2, -0.15) is 0 Å². The first kappa shape index (κ1) is 30.0. The zero-order valence-corrected chi connectivity index (χ0v) is 25.2. The van der Waals surface area contributed by atoms with Crippen molar-refractivity contribution in [3.05, 3.63) is 87.9 Å². The SMILES string of the molecule is O=C(Nc1nccs1)C(c1ncn2c1CCC2)N1Cc2c(cc(-c3ccc([C@@H]4CCN(C(=O)O)C[C@H]4F)cc3)cc2C(F)F)C1=O. The van der Waals surface area contributed by atoms with Crippen LogP contribution in [0.4, 0.5) is 23.1 Å². The largest absolute Gasteiger partial charge is 0.465 e. The third-order valence-corrected chi connectivity index (χ3v) is 9.78. The Morgan fingerprint density at radius 3 is 2.59 bits per heavy atom. The highest BCUT2D eigenvalue weighted by Crippen LogP contribution is 2.41. The number of fused-ring (bicyclic) bond motifs is 2. The number of amides is 3. The quantitative estimate of drug-likeness (QED) is 0.252. The number of halogens is 3. The summed E-state index contributed by atoms with van der Waals surface area (Å²) in [5.41, 5.74) is 2.83. The van der Waals surface area contributed by atoms with E-state index in [4.69, 9.17) is 0 Å². The Morgan fingerprint density at radius 1 is 1.09 bits per heavy atom. The topological polar surface area (TPSA) is 121 Å². The van der Waals surface area contributed by atoms with Crippen LogP contribution in [0, 0.1) is 0 Å². The molecule has 3 aliphatic heterocycles. The molecule has 1 fully saturated rings. The number of hydrogen-bond donors (Lipinski definition) is 2. The molecule has 0 saturated carbocycles. The Morgan fingerprint density at radius 2 is 1.89 bits per heavy atom. The number of piperidine rings is 1. The van der Waals surface area contributed by atoms with Crippen LogP contribution in [-0.2, 0) is 24.3 Å². The third-order valence-electron chi connectivity index (χ3n) is 9.10. The van der Waals surface area contributed by atoms with Gasteiger partial charge in [-0.05, 0) is 53.6 Å². The number of aromatic nitrogens is 3. The van der Waals surface area contributed by atoms with E-state index < -0.39 is 42.5 Å². The number of rotatable bonds is 7. The number of anilines is 1. The molecule has 2 aromatic carbocycles. The van der Waals surface area contributed by atoms with Gasteiger partial charge in [0.15, 0.2) is 11.2 Å². The lowest BCUT2D eigenvalue weighted by Crippen LogP contribution is -2.43. The van der Waals surface area contributed by atoms with Gasteiger partial charge in [0.05, 0.1) is 18.6 Å². The van der Waals surface area contributed by atoms with Crippen LogP contribution in [0.2, 0.25) is 0 Å². The zero-order valence-electron chi connectivity index (χ0n) is 24.4. The first-order valence-corrected chi connectivity index (χ1v) is 15.8. The Labute approximate surface area is 265 Å². The van der Waals surface area contributed by atoms with Gasteiger partial charge in [0.25, 0.3) is 18.2 Å². The van der Waals surface area contributed by atoms with Crippen molar-refractivity contribution >= 4 is 34.4 Å². The number of thiazole rings is 1. The summed E-state index contributed by atoms with van der Waals surface area (Å²) in [6, 6.07) is 8.58. The fourth-order valence-corrected chi connectivity index (χ4v) is 7.34. The van der Waals surface area contributed by atoms with E-state index in [-0.39, 0.29) is 36.3 Å². The van der Waals surface area contributed by atoms with E-state index in [0.717, 1.165) is 23.6 Å². The molecule has 0 spiro atoms. The molecule has 46 heavy (non-hydrogen) atoms. The Bertz CT molecular complexity index is 1810. The molecule has 10 nitrogen and oxygen atoms in total. The molecule has 0 bridgehead atoms. The molecule has 2 N–H and O–H groups in total. The van der Waals surface area contributed by atoms with Gasteiger partial charge in [-0.1, -0.05) is 24.3 Å². The number of likely N-dealkylation sites (tertiary alicyclic amines) is 1. The van der Waals surface area contributed by atoms with E-state index >= 15 is 0 Å². The van der Waals surface area contributed by atoms with Crippen molar-refractivity contribution in [3.63, 3.8) is 0 Å². The average molecular weight is 651 g/mol. The minimum absolute atomic E-state index is 0.0876. The van der Waals surface area contributed by atoms with Gasteiger partial charge in [-0.15, -0.1) is 11.3 Å². The number of carbonyl (C=O) groups excluding carboxylic acids is 2. The monoisotopic (exact) mass is 650 g/mol. The van der Waals surface area contributed by atoms with Crippen molar-refractivity contribution in [3.8, 4) is 11.1 Å². The fraction of sp³-hybridized carbons (Fsp3) is 0.344. The van der Waals surface area contributed by atoms with E-state index in [1.807, 2.05) is 4.57 Å². The Kier molecular flexibility index (Phi) is 7.75. The maximum atomic E-state index is 14.9. The normalized spacial score (nSPS) is 19.8. The maximum Gasteiger partial charge on any atom is 0.407 e. The zero-order chi connectivity index (χ0) is 32.1. The van der Waals surface area contributed by atoms with Crippen LogP contribution in [0.25, 0.3) is 11.1 Å². The summed E-state index contributed by atoms with van der Waals surface area (Å²) in [7, 11) is 0. The Balaban J connectivity index is 1.20. The summed E-state index contributed by atoms with van der Waals surface area (Å²) in [5.74, 6) is -1.58. The molecular weight excluding hydrogens is 621 g/mol. The van der Waals surface area contributed by atoms with Gasteiger partial charge in [0.1, 0.15) is 6.17 Å². The van der Waals surface area contributed by atoms with E-state index in [1.165, 1.54) is 22.3 Å². The van der Waals surface area contributed by atoms with Crippen LogP contribution >= 0.6 is 11.3 Å². The molecule has 0 radical (unpaired) electrons. The first-order valence-electron chi connectivity index (χ1n) is 14.9. The maximum absolute atomic E-state index is 14.9. The Hall–Kier alpha value is -4.72. The number of hydrogen-bond acceptors (Lipinski definition) is 6. The second-order valence-corrected chi connectivity index (χ2v) is 12.6. The number of benzene rings is 2. The molecular formula is C32H29F3N6O4S. The van der Waals surface area contributed by atoms with Crippen LogP contribution in [0.15, 0.2) is 54.3 Å². The van der Waals surface area contributed by atoms with Crippen molar-refractivity contribution in [2.45, 2.75) is 56.9 Å². The molecule has 4 aromatic rings. The highest BCUT2D eigenvalue weighted by Gasteiger charge is 2.42. The van der Waals surface area contributed by atoms with Crippen molar-refractivity contribution in [2.75, 3.05) is 18.4 Å². The second-order valence-electron chi connectivity index (χ2n) is 11.7. The molecule has 2 aromatic heterocycles. The summed E-state index contributed by atoms with van der Waals surface area (Å²) in [6.45, 7) is 0.548. The predicted octanol–water partition coefficient (Wildman–Crippen LogP) is 6.03. The van der Waals surface area contributed by atoms with Crippen LogP contribution in [-0.4, -0.2) is 66.6 Å². The minimum atomic E-state index is -2.88. The number of aryl methyl sites for hydroxylation is 1. The summed E-state index contributed by atoms with van der Waals surface area (Å²) < 4.78 is 45.9. The molecule has 14 heteroatoms. The molecule has 1 saturated heterocycles. The van der Waals surface area contributed by atoms with E-state index in [9.17, 15) is 32.7 Å². The molecule has 7 rings (SSSR count). The van der Waals surface area contributed by atoms with Crippen LogP contribution in [0.3, 0.4) is 0 Å². The standard InChI is InChI=1S/C32H29F3N6O4S/c33-24-15-39(32(44)45)10-7-20(24)18-5-3-17(4-6-18)19-12-21(28(34)35)23-14-41(30(43)22(23)13-19)27(29(42)38-31-36-8-11-46-31)26-25-2-1-9-40(25)16-37-26/h3-6,8,11-13,16,20,24,27-28H,1-2,7,9-10,14-15H2,(H,44,45)(H,36,38,42)/t20-,24+,27?/m0/s1. The van der Waals surface area contributed by atoms with E-state index in [1.54, 1.807) is 48.2 Å². The fourth-order valence-electron chi connectivity index (χ4n) is 6.81. The molecule has 3 amide bonds. The summed E-state index contributed by atoms with van der Waals surface area (Å²) in [5, 5.41) is 14.0. The highest BCUT2D eigenvalue weighted by molar-refractivity contribution is 7.13. The van der Waals surface area contributed by atoms with Crippen molar-refractivity contribution in [2.24, 2.45) is 0 Å². The van der Waals surface area contributed by atoms with Crippen molar-refractivity contribution in [1.29, 1.82) is 0 Å². The number of alkyl halides is 3.